The molecule has 0 aromatic carbocycles. The highest BCUT2D eigenvalue weighted by Crippen LogP contribution is 2.21. The highest BCUT2D eigenvalue weighted by Gasteiger charge is 2.43. The first-order valence-electron chi connectivity index (χ1n) is 5.54. The summed E-state index contributed by atoms with van der Waals surface area (Å²) in [6.45, 7) is 1.97. The summed E-state index contributed by atoms with van der Waals surface area (Å²) >= 11 is 0. The number of hydrogen-bond donors (Lipinski definition) is 4. The van der Waals surface area contributed by atoms with Crippen molar-refractivity contribution in [2.45, 2.75) is 50.5 Å². The molecular formula is C10H20O6. The maximum Gasteiger partial charge on any atom is 0.186 e. The summed E-state index contributed by atoms with van der Waals surface area (Å²) in [6.07, 6.45) is -4.13. The van der Waals surface area contributed by atoms with Gasteiger partial charge >= 0.3 is 0 Å². The Morgan fingerprint density at radius 1 is 1.12 bits per heavy atom. The molecular weight excluding hydrogens is 216 g/mol. The Kier molecular flexibility index (Phi) is 5.60. The Morgan fingerprint density at radius 2 is 1.81 bits per heavy atom. The zero-order valence-electron chi connectivity index (χ0n) is 9.32. The third-order valence-corrected chi connectivity index (χ3v) is 2.63. The molecule has 6 heteroatoms. The fraction of sp³-hybridized carbons (Fsp3) is 1.00. The van der Waals surface area contributed by atoms with Gasteiger partial charge in [-0.2, -0.15) is 0 Å². The Hall–Kier alpha value is -0.240. The van der Waals surface area contributed by atoms with Crippen LogP contribution in [-0.4, -0.2) is 64.3 Å². The van der Waals surface area contributed by atoms with Gasteiger partial charge in [0.1, 0.15) is 24.4 Å². The lowest BCUT2D eigenvalue weighted by molar-refractivity contribution is -0.301. The molecule has 1 aliphatic rings. The van der Waals surface area contributed by atoms with E-state index < -0.39 is 37.3 Å². The van der Waals surface area contributed by atoms with Crippen LogP contribution in [0.5, 0.6) is 0 Å². The number of unbranched alkanes of at least 4 members (excludes halogenated alkanes) is 1. The third-order valence-electron chi connectivity index (χ3n) is 2.63. The lowest BCUT2D eigenvalue weighted by Crippen LogP contribution is -2.59. The van der Waals surface area contributed by atoms with Crippen LogP contribution in [0.4, 0.5) is 0 Å². The van der Waals surface area contributed by atoms with Gasteiger partial charge < -0.3 is 29.9 Å². The Morgan fingerprint density at radius 3 is 2.38 bits per heavy atom. The number of hydrogen-bond acceptors (Lipinski definition) is 6. The van der Waals surface area contributed by atoms with Crippen molar-refractivity contribution < 1.29 is 29.9 Å². The van der Waals surface area contributed by atoms with E-state index in [4.69, 9.17) is 14.6 Å². The van der Waals surface area contributed by atoms with Gasteiger partial charge in [-0.3, -0.25) is 0 Å². The van der Waals surface area contributed by atoms with Crippen molar-refractivity contribution in [3.05, 3.63) is 0 Å². The van der Waals surface area contributed by atoms with Gasteiger partial charge in [0.15, 0.2) is 6.29 Å². The number of rotatable bonds is 5. The predicted octanol–water partition coefficient (Wildman–Crippen LogP) is -1.40. The van der Waals surface area contributed by atoms with Gasteiger partial charge in [-0.15, -0.1) is 0 Å². The van der Waals surface area contributed by atoms with Crippen molar-refractivity contribution in [3.8, 4) is 0 Å². The predicted molar refractivity (Wildman–Crippen MR) is 54.6 cm³/mol. The molecule has 0 aromatic heterocycles. The average molecular weight is 236 g/mol. The van der Waals surface area contributed by atoms with Crippen LogP contribution in [0.1, 0.15) is 19.8 Å². The molecule has 1 heterocycles. The van der Waals surface area contributed by atoms with E-state index in [9.17, 15) is 15.3 Å². The summed E-state index contributed by atoms with van der Waals surface area (Å²) in [7, 11) is 0. The molecule has 1 rings (SSSR count). The van der Waals surface area contributed by atoms with Crippen molar-refractivity contribution >= 4 is 0 Å². The highest BCUT2D eigenvalue weighted by molar-refractivity contribution is 4.88. The van der Waals surface area contributed by atoms with Crippen LogP contribution in [0.3, 0.4) is 0 Å². The number of ether oxygens (including phenoxy) is 2. The van der Waals surface area contributed by atoms with Gasteiger partial charge in [-0.1, -0.05) is 13.3 Å². The second kappa shape index (κ2) is 6.48. The Bertz CT molecular complexity index is 198. The van der Waals surface area contributed by atoms with Gasteiger partial charge in [0.25, 0.3) is 0 Å². The minimum atomic E-state index is -1.36. The zero-order valence-corrected chi connectivity index (χ0v) is 9.32. The standard InChI is InChI=1S/C10H20O6/c1-2-3-4-15-10-9(14)8(13)7(12)6(5-11)16-10/h6-14H,2-5H2,1H3. The van der Waals surface area contributed by atoms with Crippen LogP contribution in [0.2, 0.25) is 0 Å². The van der Waals surface area contributed by atoms with Gasteiger partial charge in [0.2, 0.25) is 0 Å². The van der Waals surface area contributed by atoms with Crippen molar-refractivity contribution in [2.24, 2.45) is 0 Å². The normalized spacial score (nSPS) is 39.9. The number of aliphatic hydroxyl groups is 4. The molecule has 1 fully saturated rings. The molecule has 1 saturated heterocycles. The second-order valence-corrected chi connectivity index (χ2v) is 3.92. The fourth-order valence-corrected chi connectivity index (χ4v) is 1.55. The summed E-state index contributed by atoms with van der Waals surface area (Å²) in [5.74, 6) is 0. The van der Waals surface area contributed by atoms with Crippen LogP contribution < -0.4 is 0 Å². The first-order chi connectivity index (χ1) is 7.61. The van der Waals surface area contributed by atoms with Crippen LogP contribution in [0.25, 0.3) is 0 Å². The minimum absolute atomic E-state index is 0.402. The number of aliphatic hydroxyl groups excluding tert-OH is 4. The molecule has 0 saturated carbocycles. The maximum absolute atomic E-state index is 9.58. The molecule has 1 aliphatic heterocycles. The van der Waals surface area contributed by atoms with Gasteiger partial charge in [0, 0.05) is 6.61 Å². The van der Waals surface area contributed by atoms with E-state index in [2.05, 4.69) is 0 Å². The van der Waals surface area contributed by atoms with E-state index in [0.717, 1.165) is 12.8 Å². The molecule has 6 nitrogen and oxygen atoms in total. The van der Waals surface area contributed by atoms with Gasteiger partial charge in [-0.05, 0) is 6.42 Å². The molecule has 16 heavy (non-hydrogen) atoms. The van der Waals surface area contributed by atoms with E-state index in [1.54, 1.807) is 0 Å². The molecule has 5 unspecified atom stereocenters. The molecule has 0 bridgehead atoms. The highest BCUT2D eigenvalue weighted by atomic mass is 16.7. The molecule has 0 aliphatic carbocycles. The van der Waals surface area contributed by atoms with Crippen LogP contribution >= 0.6 is 0 Å². The summed E-state index contributed by atoms with van der Waals surface area (Å²) in [5.41, 5.74) is 0. The van der Waals surface area contributed by atoms with E-state index in [0.29, 0.717) is 6.61 Å². The largest absolute Gasteiger partial charge is 0.394 e. The summed E-state index contributed by atoms with van der Waals surface area (Å²) in [5, 5.41) is 37.5. The molecule has 4 N–H and O–H groups in total. The lowest BCUT2D eigenvalue weighted by Gasteiger charge is -2.39. The van der Waals surface area contributed by atoms with Crippen LogP contribution in [-0.2, 0) is 9.47 Å². The first-order valence-corrected chi connectivity index (χ1v) is 5.54. The summed E-state index contributed by atoms with van der Waals surface area (Å²) in [6, 6.07) is 0. The Labute approximate surface area is 94.4 Å². The molecule has 5 atom stereocenters. The van der Waals surface area contributed by atoms with Crippen LogP contribution in [0, 0.1) is 0 Å². The summed E-state index contributed by atoms with van der Waals surface area (Å²) in [4.78, 5) is 0. The van der Waals surface area contributed by atoms with E-state index in [1.165, 1.54) is 0 Å². The third kappa shape index (κ3) is 3.13. The molecule has 0 amide bonds. The average Bonchev–Trinajstić information content (AvgIpc) is 2.29. The fourth-order valence-electron chi connectivity index (χ4n) is 1.55. The SMILES string of the molecule is CCCCOC1OC(CO)C(O)C(O)C1O. The smallest absolute Gasteiger partial charge is 0.186 e. The molecule has 96 valence electrons. The Balaban J connectivity index is 2.50. The van der Waals surface area contributed by atoms with Crippen LogP contribution in [0.15, 0.2) is 0 Å². The van der Waals surface area contributed by atoms with Crippen molar-refractivity contribution in [1.82, 2.24) is 0 Å². The first kappa shape index (κ1) is 13.8. The quantitative estimate of drug-likeness (QED) is 0.438. The monoisotopic (exact) mass is 236 g/mol. The lowest BCUT2D eigenvalue weighted by atomic mass is 9.99. The molecule has 0 radical (unpaired) electrons. The minimum Gasteiger partial charge on any atom is -0.394 e. The van der Waals surface area contributed by atoms with E-state index in [-0.39, 0.29) is 0 Å². The van der Waals surface area contributed by atoms with Crippen molar-refractivity contribution in [2.75, 3.05) is 13.2 Å². The summed E-state index contributed by atoms with van der Waals surface area (Å²) < 4.78 is 10.4. The van der Waals surface area contributed by atoms with E-state index in [1.807, 2.05) is 6.92 Å². The molecule has 0 aromatic rings. The second-order valence-electron chi connectivity index (χ2n) is 3.92. The zero-order chi connectivity index (χ0) is 12.1. The van der Waals surface area contributed by atoms with E-state index >= 15 is 0 Å². The van der Waals surface area contributed by atoms with Gasteiger partial charge in [0.05, 0.1) is 6.61 Å². The molecule has 0 spiro atoms. The van der Waals surface area contributed by atoms with Gasteiger partial charge in [-0.25, -0.2) is 0 Å². The van der Waals surface area contributed by atoms with Crippen molar-refractivity contribution in [1.29, 1.82) is 0 Å². The topological polar surface area (TPSA) is 99.4 Å². The van der Waals surface area contributed by atoms with Crippen molar-refractivity contribution in [3.63, 3.8) is 0 Å². The maximum atomic E-state index is 9.58.